The molecule has 0 aliphatic carbocycles. The molecule has 4 rings (SSSR count). The maximum absolute atomic E-state index is 5.61. The molecule has 0 saturated carbocycles. The highest BCUT2D eigenvalue weighted by molar-refractivity contribution is 5.17. The second-order valence-electron chi connectivity index (χ2n) is 7.11. The molecule has 6 heteroatoms. The van der Waals surface area contributed by atoms with Crippen molar-refractivity contribution in [1.82, 2.24) is 19.9 Å². The number of rotatable bonds is 3. The van der Waals surface area contributed by atoms with Crippen LogP contribution in [-0.2, 0) is 10.2 Å². The standard InChI is InChI=1S/C15H24N4O2/c1-11-16-14(21-17-11)15-3-4-18(2)6-13(15)7-19(10-15)5-12-8-20-9-12/h12-13H,3-10H2,1-2H3/t13-,15-/m0/s1. The van der Waals surface area contributed by atoms with Crippen LogP contribution in [0.15, 0.2) is 4.52 Å². The summed E-state index contributed by atoms with van der Waals surface area (Å²) in [5.74, 6) is 2.93. The van der Waals surface area contributed by atoms with Crippen molar-refractivity contribution in [3.8, 4) is 0 Å². The Balaban J connectivity index is 1.58. The maximum Gasteiger partial charge on any atom is 0.234 e. The van der Waals surface area contributed by atoms with Crippen molar-refractivity contribution in [2.75, 3.05) is 53.0 Å². The molecule has 0 aromatic carbocycles. The molecule has 0 radical (unpaired) electrons. The predicted octanol–water partition coefficient (Wildman–Crippen LogP) is 0.530. The molecule has 3 saturated heterocycles. The largest absolute Gasteiger partial charge is 0.381 e. The number of ether oxygens (including phenoxy) is 1. The first kappa shape index (κ1) is 13.7. The molecule has 3 aliphatic rings. The minimum absolute atomic E-state index is 0.0678. The number of aryl methyl sites for hydroxylation is 1. The summed E-state index contributed by atoms with van der Waals surface area (Å²) in [6.45, 7) is 9.34. The van der Waals surface area contributed by atoms with Gasteiger partial charge in [0.25, 0.3) is 0 Å². The number of hydrogen-bond acceptors (Lipinski definition) is 6. The van der Waals surface area contributed by atoms with Crippen LogP contribution in [0, 0.1) is 18.8 Å². The fraction of sp³-hybridized carbons (Fsp3) is 0.867. The fourth-order valence-corrected chi connectivity index (χ4v) is 4.20. The topological polar surface area (TPSA) is 54.6 Å². The van der Waals surface area contributed by atoms with E-state index in [2.05, 4.69) is 27.0 Å². The van der Waals surface area contributed by atoms with E-state index < -0.39 is 0 Å². The predicted molar refractivity (Wildman–Crippen MR) is 77.1 cm³/mol. The monoisotopic (exact) mass is 292 g/mol. The van der Waals surface area contributed by atoms with E-state index in [-0.39, 0.29) is 5.41 Å². The quantitative estimate of drug-likeness (QED) is 0.810. The molecule has 116 valence electrons. The summed E-state index contributed by atoms with van der Waals surface area (Å²) in [6.07, 6.45) is 1.12. The summed E-state index contributed by atoms with van der Waals surface area (Å²) in [7, 11) is 2.21. The van der Waals surface area contributed by atoms with E-state index in [1.54, 1.807) is 0 Å². The van der Waals surface area contributed by atoms with Gasteiger partial charge in [-0.1, -0.05) is 5.16 Å². The average molecular weight is 292 g/mol. The Labute approximate surface area is 125 Å². The first-order valence-electron chi connectivity index (χ1n) is 7.95. The van der Waals surface area contributed by atoms with Gasteiger partial charge in [-0.3, -0.25) is 0 Å². The number of fused-ring (bicyclic) bond motifs is 1. The van der Waals surface area contributed by atoms with Crippen molar-refractivity contribution in [2.45, 2.75) is 18.8 Å². The molecule has 3 fully saturated rings. The molecule has 6 nitrogen and oxygen atoms in total. The first-order chi connectivity index (χ1) is 10.2. The van der Waals surface area contributed by atoms with Crippen LogP contribution in [0.4, 0.5) is 0 Å². The highest BCUT2D eigenvalue weighted by atomic mass is 16.5. The van der Waals surface area contributed by atoms with Crippen LogP contribution >= 0.6 is 0 Å². The van der Waals surface area contributed by atoms with Crippen LogP contribution in [0.3, 0.4) is 0 Å². The maximum atomic E-state index is 5.61. The summed E-state index contributed by atoms with van der Waals surface area (Å²) < 4.78 is 10.9. The van der Waals surface area contributed by atoms with Crippen LogP contribution in [0.1, 0.15) is 18.1 Å². The molecule has 21 heavy (non-hydrogen) atoms. The fourth-order valence-electron chi connectivity index (χ4n) is 4.20. The van der Waals surface area contributed by atoms with Crippen LogP contribution in [0.2, 0.25) is 0 Å². The SMILES string of the molecule is Cc1noc([C@]23CCN(C)C[C@H]2CN(CC2COC2)C3)n1. The lowest BCUT2D eigenvalue weighted by molar-refractivity contribution is -0.0447. The second-order valence-corrected chi connectivity index (χ2v) is 7.11. The average Bonchev–Trinajstić information content (AvgIpc) is 2.98. The third kappa shape index (κ3) is 2.29. The van der Waals surface area contributed by atoms with Gasteiger partial charge in [0, 0.05) is 32.1 Å². The molecule has 2 atom stereocenters. The Morgan fingerprint density at radius 3 is 2.86 bits per heavy atom. The Bertz CT molecular complexity index is 516. The summed E-state index contributed by atoms with van der Waals surface area (Å²) in [4.78, 5) is 9.62. The zero-order valence-corrected chi connectivity index (χ0v) is 12.9. The van der Waals surface area contributed by atoms with E-state index >= 15 is 0 Å². The highest BCUT2D eigenvalue weighted by Gasteiger charge is 2.53. The van der Waals surface area contributed by atoms with E-state index in [1.807, 2.05) is 6.92 Å². The Kier molecular flexibility index (Phi) is 3.28. The van der Waals surface area contributed by atoms with Crippen molar-refractivity contribution in [3.05, 3.63) is 11.7 Å². The van der Waals surface area contributed by atoms with Gasteiger partial charge in [0.2, 0.25) is 5.89 Å². The zero-order chi connectivity index (χ0) is 14.4. The minimum atomic E-state index is 0.0678. The smallest absolute Gasteiger partial charge is 0.234 e. The number of nitrogens with zero attached hydrogens (tertiary/aromatic N) is 4. The summed E-state index contributed by atoms with van der Waals surface area (Å²) in [5.41, 5.74) is 0.0678. The minimum Gasteiger partial charge on any atom is -0.381 e. The molecule has 3 aliphatic heterocycles. The van der Waals surface area contributed by atoms with E-state index in [0.717, 1.165) is 64.1 Å². The molecule has 0 spiro atoms. The lowest BCUT2D eigenvalue weighted by atomic mass is 9.72. The van der Waals surface area contributed by atoms with Crippen LogP contribution in [-0.4, -0.2) is 72.9 Å². The Morgan fingerprint density at radius 1 is 1.33 bits per heavy atom. The van der Waals surface area contributed by atoms with Gasteiger partial charge in [-0.25, -0.2) is 0 Å². The molecule has 1 aromatic heterocycles. The third-order valence-electron chi connectivity index (χ3n) is 5.41. The van der Waals surface area contributed by atoms with Gasteiger partial charge in [0.1, 0.15) is 0 Å². The normalized spacial score (nSPS) is 34.9. The molecular formula is C15H24N4O2. The van der Waals surface area contributed by atoms with Gasteiger partial charge in [-0.15, -0.1) is 0 Å². The molecule has 4 heterocycles. The van der Waals surface area contributed by atoms with E-state index in [4.69, 9.17) is 9.26 Å². The van der Waals surface area contributed by atoms with Crippen molar-refractivity contribution >= 4 is 0 Å². The summed E-state index contributed by atoms with van der Waals surface area (Å²) in [5, 5.41) is 4.04. The van der Waals surface area contributed by atoms with Gasteiger partial charge < -0.3 is 19.1 Å². The summed E-state index contributed by atoms with van der Waals surface area (Å²) >= 11 is 0. The van der Waals surface area contributed by atoms with Gasteiger partial charge in [0.05, 0.1) is 18.6 Å². The van der Waals surface area contributed by atoms with Crippen LogP contribution in [0.5, 0.6) is 0 Å². The summed E-state index contributed by atoms with van der Waals surface area (Å²) in [6, 6.07) is 0. The lowest BCUT2D eigenvalue weighted by Crippen LogP contribution is -2.48. The Morgan fingerprint density at radius 2 is 2.19 bits per heavy atom. The first-order valence-corrected chi connectivity index (χ1v) is 7.95. The third-order valence-corrected chi connectivity index (χ3v) is 5.41. The van der Waals surface area contributed by atoms with Crippen molar-refractivity contribution in [1.29, 1.82) is 0 Å². The van der Waals surface area contributed by atoms with E-state index in [9.17, 15) is 0 Å². The molecule has 0 amide bonds. The van der Waals surface area contributed by atoms with Crippen LogP contribution in [0.25, 0.3) is 0 Å². The molecular weight excluding hydrogens is 268 g/mol. The molecule has 1 aromatic rings. The van der Waals surface area contributed by atoms with Gasteiger partial charge in [-0.05, 0) is 32.9 Å². The van der Waals surface area contributed by atoms with Crippen molar-refractivity contribution in [2.24, 2.45) is 11.8 Å². The van der Waals surface area contributed by atoms with Gasteiger partial charge in [0.15, 0.2) is 5.82 Å². The highest BCUT2D eigenvalue weighted by Crippen LogP contribution is 2.44. The molecule has 0 unspecified atom stereocenters. The van der Waals surface area contributed by atoms with Crippen LogP contribution < -0.4 is 0 Å². The van der Waals surface area contributed by atoms with E-state index in [1.165, 1.54) is 0 Å². The van der Waals surface area contributed by atoms with Gasteiger partial charge >= 0.3 is 0 Å². The molecule has 0 N–H and O–H groups in total. The lowest BCUT2D eigenvalue weighted by Gasteiger charge is -2.39. The van der Waals surface area contributed by atoms with Gasteiger partial charge in [-0.2, -0.15) is 4.98 Å². The zero-order valence-electron chi connectivity index (χ0n) is 12.9. The number of hydrogen-bond donors (Lipinski definition) is 0. The molecule has 0 bridgehead atoms. The van der Waals surface area contributed by atoms with E-state index in [0.29, 0.717) is 11.8 Å². The number of likely N-dealkylation sites (tertiary alicyclic amines) is 2. The number of aromatic nitrogens is 2. The Hall–Kier alpha value is -0.980. The second kappa shape index (κ2) is 5.04. The van der Waals surface area contributed by atoms with Crippen molar-refractivity contribution in [3.63, 3.8) is 0 Å². The number of piperidine rings is 1. The van der Waals surface area contributed by atoms with Crippen molar-refractivity contribution < 1.29 is 9.26 Å².